The summed E-state index contributed by atoms with van der Waals surface area (Å²) in [4.78, 5) is 0. The summed E-state index contributed by atoms with van der Waals surface area (Å²) in [7, 11) is 0. The highest BCUT2D eigenvalue weighted by molar-refractivity contribution is 4.74. The first-order valence-electron chi connectivity index (χ1n) is 13.8. The van der Waals surface area contributed by atoms with E-state index in [2.05, 4.69) is 27.7 Å². The lowest BCUT2D eigenvalue weighted by molar-refractivity contribution is -0.407. The van der Waals surface area contributed by atoms with Crippen molar-refractivity contribution in [1.29, 1.82) is 0 Å². The van der Waals surface area contributed by atoms with Crippen molar-refractivity contribution in [3.63, 3.8) is 0 Å². The minimum absolute atomic E-state index is 0.180. The van der Waals surface area contributed by atoms with Crippen molar-refractivity contribution in [2.75, 3.05) is 39.6 Å². The Labute approximate surface area is 199 Å². The summed E-state index contributed by atoms with van der Waals surface area (Å²) < 4.78 is 30.7. The second-order valence-corrected chi connectivity index (χ2v) is 9.28. The monoisotopic (exact) mass is 458 g/mol. The highest BCUT2D eigenvalue weighted by atomic mass is 16.9. The van der Waals surface area contributed by atoms with E-state index in [9.17, 15) is 0 Å². The molecule has 0 bridgehead atoms. The second-order valence-electron chi connectivity index (χ2n) is 9.28. The summed E-state index contributed by atoms with van der Waals surface area (Å²) in [5.41, 5.74) is 0. The fraction of sp³-hybridized carbons (Fsp3) is 1.00. The molecule has 0 saturated carbocycles. The topological polar surface area (TPSA) is 49.5 Å². The number of unbranched alkanes of at least 4 members (excludes halogenated alkanes) is 8. The molecule has 2 unspecified atom stereocenters. The molecule has 0 N–H and O–H groups in total. The van der Waals surface area contributed by atoms with Crippen molar-refractivity contribution in [3.8, 4) is 0 Å². The minimum Gasteiger partial charge on any atom is -0.379 e. The van der Waals surface area contributed by atoms with Gasteiger partial charge in [-0.3, -0.25) is 0 Å². The third-order valence-corrected chi connectivity index (χ3v) is 6.13. The van der Waals surface area contributed by atoms with Crippen LogP contribution in [0.2, 0.25) is 0 Å². The van der Waals surface area contributed by atoms with Crippen molar-refractivity contribution >= 4 is 0 Å². The Morgan fingerprint density at radius 3 is 1.66 bits per heavy atom. The molecule has 1 aliphatic heterocycles. The van der Waals surface area contributed by atoms with E-state index in [4.69, 9.17) is 23.7 Å². The zero-order valence-electron chi connectivity index (χ0n) is 21.8. The Morgan fingerprint density at radius 2 is 1.16 bits per heavy atom. The van der Waals surface area contributed by atoms with Gasteiger partial charge in [-0.1, -0.05) is 85.5 Å². The van der Waals surface area contributed by atoms with E-state index in [-0.39, 0.29) is 5.92 Å². The van der Waals surface area contributed by atoms with Gasteiger partial charge >= 0.3 is 0 Å². The van der Waals surface area contributed by atoms with Gasteiger partial charge in [-0.05, 0) is 32.1 Å². The Balaban J connectivity index is 2.81. The van der Waals surface area contributed by atoms with Crippen LogP contribution < -0.4 is 0 Å². The van der Waals surface area contributed by atoms with Crippen LogP contribution in [-0.2, 0) is 23.7 Å². The quantitative estimate of drug-likeness (QED) is 0.0818. The first-order chi connectivity index (χ1) is 15.7. The van der Waals surface area contributed by atoms with Gasteiger partial charge in [0.05, 0.1) is 33.0 Å². The average Bonchev–Trinajstić information content (AvgIpc) is 3.62. The molecule has 0 aromatic rings. The van der Waals surface area contributed by atoms with Crippen LogP contribution in [0.15, 0.2) is 0 Å². The standard InChI is InChI=1S/C27H54O5/c1-5-9-13-14-15-16-17-25(18-22-28-23-26-24-29-26)27(30-19-10-6-2,31-20-11-7-3)32-21-12-8-4/h25-26H,5-24H2,1-4H3. The first kappa shape index (κ1) is 29.8. The third-order valence-electron chi connectivity index (χ3n) is 6.13. The van der Waals surface area contributed by atoms with Crippen molar-refractivity contribution in [2.24, 2.45) is 5.92 Å². The predicted octanol–water partition coefficient (Wildman–Crippen LogP) is 7.26. The van der Waals surface area contributed by atoms with Crippen molar-refractivity contribution in [2.45, 2.75) is 130 Å². The lowest BCUT2D eigenvalue weighted by Gasteiger charge is -2.40. The average molecular weight is 459 g/mol. The molecule has 0 radical (unpaired) electrons. The van der Waals surface area contributed by atoms with Crippen LogP contribution in [0.5, 0.6) is 0 Å². The molecule has 1 aliphatic rings. The van der Waals surface area contributed by atoms with E-state index in [1.54, 1.807) is 0 Å². The molecule has 5 heteroatoms. The maximum Gasteiger partial charge on any atom is 0.285 e. The van der Waals surface area contributed by atoms with Crippen LogP contribution in [0.1, 0.15) is 118 Å². The molecule has 1 heterocycles. The van der Waals surface area contributed by atoms with Crippen molar-refractivity contribution in [1.82, 2.24) is 0 Å². The number of ether oxygens (including phenoxy) is 5. The minimum atomic E-state index is -0.942. The maximum absolute atomic E-state index is 6.49. The summed E-state index contributed by atoms with van der Waals surface area (Å²) in [6.45, 7) is 13.1. The molecule has 0 aromatic carbocycles. The third kappa shape index (κ3) is 14.1. The number of rotatable bonds is 25. The highest BCUT2D eigenvalue weighted by Gasteiger charge is 2.42. The summed E-state index contributed by atoms with van der Waals surface area (Å²) >= 11 is 0. The first-order valence-corrected chi connectivity index (χ1v) is 13.8. The molecule has 0 spiro atoms. The number of hydrogen-bond acceptors (Lipinski definition) is 5. The normalized spacial score (nSPS) is 17.1. The van der Waals surface area contributed by atoms with Gasteiger partial charge in [-0.15, -0.1) is 0 Å². The zero-order valence-corrected chi connectivity index (χ0v) is 21.8. The van der Waals surface area contributed by atoms with Crippen molar-refractivity contribution < 1.29 is 23.7 Å². The van der Waals surface area contributed by atoms with E-state index in [0.717, 1.165) is 58.0 Å². The molecule has 1 rings (SSSR count). The van der Waals surface area contributed by atoms with E-state index in [1.165, 1.54) is 38.5 Å². The SMILES string of the molecule is CCCCCCCCC(CCOCC1CO1)C(OCCCC)(OCCCC)OCCCC. The molecule has 0 aliphatic carbocycles. The molecule has 192 valence electrons. The van der Waals surface area contributed by atoms with Gasteiger partial charge in [0, 0.05) is 12.5 Å². The van der Waals surface area contributed by atoms with Gasteiger partial charge in [0.1, 0.15) is 6.10 Å². The maximum atomic E-state index is 6.49. The van der Waals surface area contributed by atoms with Gasteiger partial charge in [-0.2, -0.15) is 0 Å². The summed E-state index contributed by atoms with van der Waals surface area (Å²) in [5.74, 6) is -0.762. The van der Waals surface area contributed by atoms with Crippen LogP contribution in [0.25, 0.3) is 0 Å². The van der Waals surface area contributed by atoms with Gasteiger partial charge in [-0.25, -0.2) is 0 Å². The highest BCUT2D eigenvalue weighted by Crippen LogP contribution is 2.34. The molecular formula is C27H54O5. The van der Waals surface area contributed by atoms with Crippen LogP contribution in [0, 0.1) is 5.92 Å². The van der Waals surface area contributed by atoms with E-state index < -0.39 is 5.97 Å². The molecule has 5 nitrogen and oxygen atoms in total. The van der Waals surface area contributed by atoms with Crippen LogP contribution in [0.4, 0.5) is 0 Å². The van der Waals surface area contributed by atoms with Gasteiger partial charge in [0.15, 0.2) is 0 Å². The van der Waals surface area contributed by atoms with Crippen LogP contribution in [0.3, 0.4) is 0 Å². The summed E-state index contributed by atoms with van der Waals surface area (Å²) in [6.07, 6.45) is 16.4. The smallest absolute Gasteiger partial charge is 0.285 e. The second kappa shape index (κ2) is 20.2. The van der Waals surface area contributed by atoms with E-state index in [0.29, 0.717) is 39.1 Å². The molecule has 32 heavy (non-hydrogen) atoms. The number of hydrogen-bond donors (Lipinski definition) is 0. The van der Waals surface area contributed by atoms with Gasteiger partial charge in [0.2, 0.25) is 0 Å². The van der Waals surface area contributed by atoms with E-state index >= 15 is 0 Å². The molecule has 1 fully saturated rings. The number of epoxide rings is 1. The van der Waals surface area contributed by atoms with E-state index in [1.807, 2.05) is 0 Å². The molecule has 1 saturated heterocycles. The van der Waals surface area contributed by atoms with Crippen LogP contribution >= 0.6 is 0 Å². The Kier molecular flexibility index (Phi) is 18.8. The fourth-order valence-electron chi connectivity index (χ4n) is 3.83. The fourth-order valence-corrected chi connectivity index (χ4v) is 3.83. The Morgan fingerprint density at radius 1 is 0.656 bits per heavy atom. The lowest BCUT2D eigenvalue weighted by atomic mass is 9.94. The zero-order chi connectivity index (χ0) is 23.3. The summed E-state index contributed by atoms with van der Waals surface area (Å²) in [5, 5.41) is 0. The van der Waals surface area contributed by atoms with Crippen molar-refractivity contribution in [3.05, 3.63) is 0 Å². The van der Waals surface area contributed by atoms with Gasteiger partial charge < -0.3 is 23.7 Å². The van der Waals surface area contributed by atoms with Crippen LogP contribution in [-0.4, -0.2) is 51.7 Å². The Hall–Kier alpha value is -0.200. The molecular weight excluding hydrogens is 404 g/mol. The Bertz CT molecular complexity index is 373. The molecule has 2 atom stereocenters. The predicted molar refractivity (Wildman–Crippen MR) is 132 cm³/mol. The molecule has 0 aromatic heterocycles. The largest absolute Gasteiger partial charge is 0.379 e. The summed E-state index contributed by atoms with van der Waals surface area (Å²) in [6, 6.07) is 0. The molecule has 0 amide bonds. The van der Waals surface area contributed by atoms with Gasteiger partial charge in [0.25, 0.3) is 5.97 Å². The lowest BCUT2D eigenvalue weighted by Crippen LogP contribution is -2.48.